The lowest BCUT2D eigenvalue weighted by Crippen LogP contribution is -2.20. The van der Waals surface area contributed by atoms with Gasteiger partial charge in [0.1, 0.15) is 0 Å². The van der Waals surface area contributed by atoms with E-state index in [4.69, 9.17) is 4.84 Å². The molecule has 0 amide bonds. The first kappa shape index (κ1) is 7.51. The molecule has 54 valence electrons. The van der Waals surface area contributed by atoms with E-state index < -0.39 is 0 Å². The number of halogens is 1. The van der Waals surface area contributed by atoms with E-state index in [-0.39, 0.29) is 0 Å². The van der Waals surface area contributed by atoms with Crippen LogP contribution in [0.1, 0.15) is 12.8 Å². The first-order valence-electron chi connectivity index (χ1n) is 3.37. The Morgan fingerprint density at radius 1 is 1.33 bits per heavy atom. The van der Waals surface area contributed by atoms with Crippen LogP contribution in [0.25, 0.3) is 0 Å². The number of hydrogen-bond donors (Lipinski definition) is 0. The van der Waals surface area contributed by atoms with Gasteiger partial charge in [-0.1, -0.05) is 15.9 Å². The van der Waals surface area contributed by atoms with Gasteiger partial charge in [0.2, 0.25) is 0 Å². The van der Waals surface area contributed by atoms with Gasteiger partial charge in [-0.3, -0.25) is 4.84 Å². The van der Waals surface area contributed by atoms with Crippen LogP contribution in [0.5, 0.6) is 0 Å². The molecule has 1 rings (SSSR count). The number of hydroxylamine groups is 2. The topological polar surface area (TPSA) is 12.5 Å². The summed E-state index contributed by atoms with van der Waals surface area (Å²) in [5.74, 6) is 0. The zero-order valence-electron chi connectivity index (χ0n) is 5.48. The maximum absolute atomic E-state index is 5.34. The van der Waals surface area contributed by atoms with Crippen molar-refractivity contribution in [3.63, 3.8) is 0 Å². The first-order valence-corrected chi connectivity index (χ1v) is 4.49. The van der Waals surface area contributed by atoms with Crippen LogP contribution < -0.4 is 0 Å². The Morgan fingerprint density at radius 2 is 2.00 bits per heavy atom. The molecule has 1 heterocycles. The van der Waals surface area contributed by atoms with Gasteiger partial charge in [0.25, 0.3) is 0 Å². The fraction of sp³-hybridized carbons (Fsp3) is 1.00. The van der Waals surface area contributed by atoms with Crippen molar-refractivity contribution in [1.29, 1.82) is 0 Å². The zero-order valence-corrected chi connectivity index (χ0v) is 7.06. The minimum absolute atomic E-state index is 0.806. The van der Waals surface area contributed by atoms with E-state index in [0.717, 1.165) is 25.0 Å². The van der Waals surface area contributed by atoms with Gasteiger partial charge in [-0.25, -0.2) is 0 Å². The summed E-state index contributed by atoms with van der Waals surface area (Å²) in [6, 6.07) is 0. The molecule has 0 N–H and O–H groups in total. The van der Waals surface area contributed by atoms with E-state index in [1.54, 1.807) is 0 Å². The van der Waals surface area contributed by atoms with Crippen molar-refractivity contribution in [2.75, 3.05) is 25.0 Å². The van der Waals surface area contributed by atoms with Crippen LogP contribution in [-0.2, 0) is 4.84 Å². The van der Waals surface area contributed by atoms with Gasteiger partial charge in [0.15, 0.2) is 0 Å². The second-order valence-corrected chi connectivity index (χ2v) is 2.95. The van der Waals surface area contributed by atoms with Crippen molar-refractivity contribution >= 4 is 15.9 Å². The molecule has 0 saturated carbocycles. The summed E-state index contributed by atoms with van der Waals surface area (Å²) in [6.07, 6.45) is 2.59. The molecule has 0 unspecified atom stereocenters. The Morgan fingerprint density at radius 3 is 2.56 bits per heavy atom. The van der Waals surface area contributed by atoms with Gasteiger partial charge >= 0.3 is 0 Å². The number of nitrogens with zero attached hydrogens (tertiary/aromatic N) is 1. The number of hydrogen-bond acceptors (Lipinski definition) is 2. The van der Waals surface area contributed by atoms with Crippen molar-refractivity contribution in [2.24, 2.45) is 0 Å². The molecule has 1 saturated heterocycles. The molecule has 1 fully saturated rings. The monoisotopic (exact) mass is 193 g/mol. The third kappa shape index (κ3) is 2.65. The number of alkyl halides is 1. The predicted octanol–water partition coefficient (Wildman–Crippen LogP) is 1.41. The summed E-state index contributed by atoms with van der Waals surface area (Å²) in [5, 5.41) is 2.98. The Bertz CT molecular complexity index is 73.5. The fourth-order valence-electron chi connectivity index (χ4n) is 0.981. The molecule has 0 aliphatic carbocycles. The third-order valence-electron chi connectivity index (χ3n) is 1.42. The molecule has 0 bridgehead atoms. The van der Waals surface area contributed by atoms with Gasteiger partial charge in [-0.2, -0.15) is 5.06 Å². The fourth-order valence-corrected chi connectivity index (χ4v) is 1.13. The molecular weight excluding hydrogens is 182 g/mol. The van der Waals surface area contributed by atoms with Crippen LogP contribution in [0.3, 0.4) is 0 Å². The molecule has 3 heteroatoms. The van der Waals surface area contributed by atoms with Crippen molar-refractivity contribution in [3.05, 3.63) is 0 Å². The van der Waals surface area contributed by atoms with Crippen molar-refractivity contribution in [3.8, 4) is 0 Å². The van der Waals surface area contributed by atoms with E-state index in [1.807, 2.05) is 5.06 Å². The summed E-state index contributed by atoms with van der Waals surface area (Å²) in [6.45, 7) is 3.04. The highest BCUT2D eigenvalue weighted by atomic mass is 79.9. The normalized spacial score (nSPS) is 21.0. The molecule has 0 atom stereocenters. The molecule has 0 aromatic rings. The minimum atomic E-state index is 0.806. The van der Waals surface area contributed by atoms with E-state index in [0.29, 0.717) is 0 Å². The maximum atomic E-state index is 5.34. The van der Waals surface area contributed by atoms with Crippen LogP contribution in [0, 0.1) is 0 Å². The van der Waals surface area contributed by atoms with Crippen LogP contribution in [0.4, 0.5) is 0 Å². The van der Waals surface area contributed by atoms with Crippen LogP contribution in [-0.4, -0.2) is 30.1 Å². The smallest absolute Gasteiger partial charge is 0.0781 e. The highest BCUT2D eigenvalue weighted by Gasteiger charge is 2.10. The highest BCUT2D eigenvalue weighted by Crippen LogP contribution is 2.06. The molecule has 2 nitrogen and oxygen atoms in total. The lowest BCUT2D eigenvalue weighted by Gasteiger charge is -2.12. The largest absolute Gasteiger partial charge is 0.298 e. The van der Waals surface area contributed by atoms with Crippen LogP contribution in [0.2, 0.25) is 0 Å². The summed E-state index contributed by atoms with van der Waals surface area (Å²) in [7, 11) is 0. The molecule has 0 radical (unpaired) electrons. The van der Waals surface area contributed by atoms with E-state index in [2.05, 4.69) is 15.9 Å². The van der Waals surface area contributed by atoms with Gasteiger partial charge in [-0.15, -0.1) is 0 Å². The van der Waals surface area contributed by atoms with E-state index in [9.17, 15) is 0 Å². The molecule has 0 spiro atoms. The molecule has 0 aromatic heterocycles. The molecule has 0 aromatic carbocycles. The van der Waals surface area contributed by atoms with E-state index in [1.165, 1.54) is 12.8 Å². The van der Waals surface area contributed by atoms with Gasteiger partial charge < -0.3 is 0 Å². The van der Waals surface area contributed by atoms with Gasteiger partial charge in [0, 0.05) is 18.4 Å². The standard InChI is InChI=1S/C6H12BrNO/c7-3-6-9-8-4-1-2-5-8/h1-6H2. The average molecular weight is 194 g/mol. The van der Waals surface area contributed by atoms with Crippen LogP contribution in [0.15, 0.2) is 0 Å². The third-order valence-corrected chi connectivity index (χ3v) is 1.74. The average Bonchev–Trinajstić information content (AvgIpc) is 2.34. The van der Waals surface area contributed by atoms with Crippen molar-refractivity contribution in [1.82, 2.24) is 5.06 Å². The molecule has 1 aliphatic rings. The molecule has 1 aliphatic heterocycles. The van der Waals surface area contributed by atoms with E-state index >= 15 is 0 Å². The molecular formula is C6H12BrNO. The Hall–Kier alpha value is 0.400. The summed E-state index contributed by atoms with van der Waals surface area (Å²) >= 11 is 3.30. The zero-order chi connectivity index (χ0) is 6.53. The number of rotatable bonds is 3. The summed E-state index contributed by atoms with van der Waals surface area (Å²) in [5.41, 5.74) is 0. The lowest BCUT2D eigenvalue weighted by molar-refractivity contribution is -0.136. The summed E-state index contributed by atoms with van der Waals surface area (Å²) in [4.78, 5) is 5.34. The van der Waals surface area contributed by atoms with Crippen molar-refractivity contribution in [2.45, 2.75) is 12.8 Å². The Kier molecular flexibility index (Phi) is 3.55. The summed E-state index contributed by atoms with van der Waals surface area (Å²) < 4.78 is 0. The second-order valence-electron chi connectivity index (χ2n) is 2.16. The Labute approximate surface area is 64.3 Å². The quantitative estimate of drug-likeness (QED) is 0.629. The maximum Gasteiger partial charge on any atom is 0.0781 e. The Balaban J connectivity index is 1.98. The highest BCUT2D eigenvalue weighted by molar-refractivity contribution is 9.09. The van der Waals surface area contributed by atoms with Crippen molar-refractivity contribution < 1.29 is 4.84 Å². The minimum Gasteiger partial charge on any atom is -0.298 e. The van der Waals surface area contributed by atoms with Gasteiger partial charge in [-0.05, 0) is 12.8 Å². The van der Waals surface area contributed by atoms with Crippen LogP contribution >= 0.6 is 15.9 Å². The van der Waals surface area contributed by atoms with Gasteiger partial charge in [0.05, 0.1) is 6.61 Å². The SMILES string of the molecule is BrCCON1CCCC1. The molecule has 9 heavy (non-hydrogen) atoms. The predicted molar refractivity (Wildman–Crippen MR) is 40.6 cm³/mol. The first-order chi connectivity index (χ1) is 4.43. The second kappa shape index (κ2) is 4.25. The lowest BCUT2D eigenvalue weighted by atomic mass is 10.4.